The number of hydrogen-bond donors (Lipinski definition) is 2. The Kier molecular flexibility index (Phi) is 6.00. The standard InChI is InChI=1S/C29H27N3O2/c1-19-24(20(2)34-32-19)17-27(33)30-18-25(21-11-5-3-6-12-21)28-23-15-9-10-16-26(23)31-29(28)22-13-7-4-8-14-22/h3-16,25,31H,17-18H2,1-2H3,(H,30,33). The van der Waals surface area contributed by atoms with Crippen LogP contribution in [0.2, 0.25) is 0 Å². The molecule has 0 aliphatic rings. The molecule has 5 aromatic rings. The number of nitrogens with zero attached hydrogens (tertiary/aromatic N) is 1. The highest BCUT2D eigenvalue weighted by molar-refractivity contribution is 5.92. The zero-order valence-electron chi connectivity index (χ0n) is 19.3. The van der Waals surface area contributed by atoms with Crippen molar-refractivity contribution in [3.05, 3.63) is 113 Å². The SMILES string of the molecule is Cc1noc(C)c1CC(=O)NCC(c1ccccc1)c1c(-c2ccccc2)[nH]c2ccccc12. The van der Waals surface area contributed by atoms with E-state index in [0.717, 1.165) is 39.0 Å². The van der Waals surface area contributed by atoms with E-state index in [1.54, 1.807) is 0 Å². The molecule has 5 nitrogen and oxygen atoms in total. The van der Waals surface area contributed by atoms with Crippen LogP contribution < -0.4 is 5.32 Å². The first kappa shape index (κ1) is 21.7. The molecule has 1 atom stereocenters. The summed E-state index contributed by atoms with van der Waals surface area (Å²) in [5.74, 6) is 0.618. The summed E-state index contributed by atoms with van der Waals surface area (Å²) in [6, 6.07) is 29.1. The summed E-state index contributed by atoms with van der Waals surface area (Å²) in [7, 11) is 0. The van der Waals surface area contributed by atoms with Crippen molar-refractivity contribution in [1.82, 2.24) is 15.5 Å². The minimum absolute atomic E-state index is 0.0267. The molecule has 0 aliphatic carbocycles. The molecule has 0 fully saturated rings. The van der Waals surface area contributed by atoms with Gasteiger partial charge in [0.1, 0.15) is 5.76 Å². The normalized spacial score (nSPS) is 12.1. The number of nitrogens with one attached hydrogen (secondary N) is 2. The van der Waals surface area contributed by atoms with E-state index in [9.17, 15) is 4.79 Å². The molecule has 0 radical (unpaired) electrons. The van der Waals surface area contributed by atoms with Crippen molar-refractivity contribution in [2.75, 3.05) is 6.54 Å². The van der Waals surface area contributed by atoms with Crippen LogP contribution in [0, 0.1) is 13.8 Å². The fraction of sp³-hybridized carbons (Fsp3) is 0.172. The Hall–Kier alpha value is -4.12. The van der Waals surface area contributed by atoms with Gasteiger partial charge in [0.2, 0.25) is 5.91 Å². The summed E-state index contributed by atoms with van der Waals surface area (Å²) in [6.45, 7) is 4.19. The lowest BCUT2D eigenvalue weighted by Crippen LogP contribution is -2.30. The number of para-hydroxylation sites is 1. The lowest BCUT2D eigenvalue weighted by atomic mass is 9.87. The van der Waals surface area contributed by atoms with Gasteiger partial charge in [0.15, 0.2) is 0 Å². The molecule has 1 amide bonds. The molecule has 0 saturated heterocycles. The van der Waals surface area contributed by atoms with Crippen molar-refractivity contribution >= 4 is 16.8 Å². The maximum Gasteiger partial charge on any atom is 0.224 e. The predicted molar refractivity (Wildman–Crippen MR) is 135 cm³/mol. The molecule has 5 heteroatoms. The Labute approximate surface area is 198 Å². The van der Waals surface area contributed by atoms with E-state index in [0.29, 0.717) is 12.3 Å². The average Bonchev–Trinajstić information content (AvgIpc) is 3.41. The first-order valence-corrected chi connectivity index (χ1v) is 11.5. The number of aromatic amines is 1. The molecular formula is C29H27N3O2. The Morgan fingerprint density at radius 1 is 0.941 bits per heavy atom. The molecule has 0 aliphatic heterocycles. The fourth-order valence-electron chi connectivity index (χ4n) is 4.62. The third-order valence-electron chi connectivity index (χ3n) is 6.38. The molecule has 0 saturated carbocycles. The van der Waals surface area contributed by atoms with Crippen molar-refractivity contribution < 1.29 is 9.32 Å². The Morgan fingerprint density at radius 3 is 2.32 bits per heavy atom. The van der Waals surface area contributed by atoms with Crippen LogP contribution in [0.1, 0.15) is 34.1 Å². The van der Waals surface area contributed by atoms with E-state index in [-0.39, 0.29) is 18.2 Å². The number of aromatic nitrogens is 2. The zero-order chi connectivity index (χ0) is 23.5. The number of aryl methyl sites for hydroxylation is 2. The van der Waals surface area contributed by atoms with Gasteiger partial charge < -0.3 is 14.8 Å². The lowest BCUT2D eigenvalue weighted by Gasteiger charge is -2.20. The van der Waals surface area contributed by atoms with Gasteiger partial charge >= 0.3 is 0 Å². The summed E-state index contributed by atoms with van der Waals surface area (Å²) in [5.41, 5.74) is 7.24. The van der Waals surface area contributed by atoms with Crippen molar-refractivity contribution in [1.29, 1.82) is 0 Å². The third-order valence-corrected chi connectivity index (χ3v) is 6.38. The number of H-pyrrole nitrogens is 1. The average molecular weight is 450 g/mol. The van der Waals surface area contributed by atoms with E-state index in [1.807, 2.05) is 56.3 Å². The minimum atomic E-state index is -0.0450. The van der Waals surface area contributed by atoms with E-state index in [4.69, 9.17) is 4.52 Å². The van der Waals surface area contributed by atoms with Gasteiger partial charge in [-0.2, -0.15) is 0 Å². The number of carbonyl (C=O) groups is 1. The molecule has 2 aromatic heterocycles. The van der Waals surface area contributed by atoms with Gasteiger partial charge in [-0.15, -0.1) is 0 Å². The van der Waals surface area contributed by atoms with Crippen LogP contribution in [-0.4, -0.2) is 22.6 Å². The van der Waals surface area contributed by atoms with Crippen molar-refractivity contribution in [3.8, 4) is 11.3 Å². The van der Waals surface area contributed by atoms with Crippen LogP contribution in [0.15, 0.2) is 89.5 Å². The number of fused-ring (bicyclic) bond motifs is 1. The molecule has 1 unspecified atom stereocenters. The highest BCUT2D eigenvalue weighted by Crippen LogP contribution is 2.38. The van der Waals surface area contributed by atoms with E-state index >= 15 is 0 Å². The van der Waals surface area contributed by atoms with Crippen LogP contribution >= 0.6 is 0 Å². The molecule has 2 heterocycles. The maximum absolute atomic E-state index is 13.0. The molecule has 5 rings (SSSR count). The molecular weight excluding hydrogens is 422 g/mol. The molecule has 2 N–H and O–H groups in total. The molecule has 0 bridgehead atoms. The number of benzene rings is 3. The van der Waals surface area contributed by atoms with Crippen molar-refractivity contribution in [2.24, 2.45) is 0 Å². The van der Waals surface area contributed by atoms with E-state index < -0.39 is 0 Å². The Bertz CT molecular complexity index is 1400. The Morgan fingerprint density at radius 2 is 1.62 bits per heavy atom. The number of carbonyl (C=O) groups excluding carboxylic acids is 1. The lowest BCUT2D eigenvalue weighted by molar-refractivity contribution is -0.120. The Balaban J connectivity index is 1.54. The summed E-state index contributed by atoms with van der Waals surface area (Å²) < 4.78 is 5.23. The van der Waals surface area contributed by atoms with Gasteiger partial charge in [0.05, 0.1) is 17.8 Å². The largest absolute Gasteiger partial charge is 0.361 e. The van der Waals surface area contributed by atoms with Crippen molar-refractivity contribution in [2.45, 2.75) is 26.2 Å². The minimum Gasteiger partial charge on any atom is -0.361 e. The maximum atomic E-state index is 13.0. The molecule has 3 aromatic carbocycles. The second kappa shape index (κ2) is 9.40. The topological polar surface area (TPSA) is 70.9 Å². The second-order valence-corrected chi connectivity index (χ2v) is 8.57. The van der Waals surface area contributed by atoms with Gasteiger partial charge in [0, 0.05) is 28.9 Å². The first-order valence-electron chi connectivity index (χ1n) is 11.5. The fourth-order valence-corrected chi connectivity index (χ4v) is 4.62. The summed E-state index contributed by atoms with van der Waals surface area (Å²) >= 11 is 0. The van der Waals surface area contributed by atoms with Crippen LogP contribution in [0.25, 0.3) is 22.2 Å². The van der Waals surface area contributed by atoms with Crippen molar-refractivity contribution in [3.63, 3.8) is 0 Å². The molecule has 170 valence electrons. The predicted octanol–water partition coefficient (Wildman–Crippen LogP) is 5.93. The molecule has 0 spiro atoms. The van der Waals surface area contributed by atoms with Crippen LogP contribution in [-0.2, 0) is 11.2 Å². The summed E-state index contributed by atoms with van der Waals surface area (Å²) in [4.78, 5) is 16.6. The molecule has 34 heavy (non-hydrogen) atoms. The van der Waals surface area contributed by atoms with E-state index in [2.05, 4.69) is 57.9 Å². The highest BCUT2D eigenvalue weighted by Gasteiger charge is 2.24. The van der Waals surface area contributed by atoms with Crippen LogP contribution in [0.3, 0.4) is 0 Å². The van der Waals surface area contributed by atoms with Gasteiger partial charge in [-0.05, 0) is 36.6 Å². The zero-order valence-corrected chi connectivity index (χ0v) is 19.3. The van der Waals surface area contributed by atoms with Gasteiger partial charge in [-0.25, -0.2) is 0 Å². The highest BCUT2D eigenvalue weighted by atomic mass is 16.5. The monoisotopic (exact) mass is 449 g/mol. The number of rotatable bonds is 7. The van der Waals surface area contributed by atoms with Crippen LogP contribution in [0.5, 0.6) is 0 Å². The van der Waals surface area contributed by atoms with Gasteiger partial charge in [-0.3, -0.25) is 4.79 Å². The number of hydrogen-bond acceptors (Lipinski definition) is 3. The quantitative estimate of drug-likeness (QED) is 0.323. The number of amides is 1. The summed E-state index contributed by atoms with van der Waals surface area (Å²) in [5, 5.41) is 8.32. The van der Waals surface area contributed by atoms with E-state index in [1.165, 1.54) is 5.56 Å². The summed E-state index contributed by atoms with van der Waals surface area (Å²) in [6.07, 6.45) is 0.252. The second-order valence-electron chi connectivity index (χ2n) is 8.57. The third kappa shape index (κ3) is 4.25. The smallest absolute Gasteiger partial charge is 0.224 e. The van der Waals surface area contributed by atoms with Gasteiger partial charge in [0.25, 0.3) is 0 Å². The first-order chi connectivity index (χ1) is 16.6. The van der Waals surface area contributed by atoms with Crippen LogP contribution in [0.4, 0.5) is 0 Å². The van der Waals surface area contributed by atoms with Gasteiger partial charge in [-0.1, -0.05) is 84.0 Å².